The average molecular weight is 162 g/mol. The van der Waals surface area contributed by atoms with Gasteiger partial charge in [-0.1, -0.05) is 6.07 Å². The zero-order valence-corrected chi connectivity index (χ0v) is 6.25. The number of fused-ring (bicyclic) bond motifs is 1. The van der Waals surface area contributed by atoms with Crippen LogP contribution in [0.1, 0.15) is 0 Å². The predicted molar refractivity (Wildman–Crippen MR) is 45.0 cm³/mol. The Balaban J connectivity index is 2.62. The molecule has 0 aliphatic rings. The van der Waals surface area contributed by atoms with Gasteiger partial charge in [0, 0.05) is 12.4 Å². The summed E-state index contributed by atoms with van der Waals surface area (Å²) in [6.07, 6.45) is 3.38. The minimum atomic E-state index is -1.50. The summed E-state index contributed by atoms with van der Waals surface area (Å²) in [6, 6.07) is 5.49. The molecule has 2 heterocycles. The molecule has 0 radical (unpaired) electrons. The summed E-state index contributed by atoms with van der Waals surface area (Å²) in [6.45, 7) is 0. The zero-order chi connectivity index (χ0) is 8.55. The summed E-state index contributed by atoms with van der Waals surface area (Å²) in [5.41, 5.74) is 0.974. The van der Waals surface area contributed by atoms with Crippen molar-refractivity contribution in [2.75, 3.05) is 0 Å². The summed E-state index contributed by atoms with van der Waals surface area (Å²) in [7, 11) is -1.50. The second kappa shape index (κ2) is 2.62. The van der Waals surface area contributed by atoms with E-state index in [4.69, 9.17) is 10.0 Å². The van der Waals surface area contributed by atoms with E-state index in [-0.39, 0.29) is 5.59 Å². The van der Waals surface area contributed by atoms with E-state index in [1.807, 2.05) is 12.1 Å². The standard InChI is InChI=1S/C7H7BN2O2/c11-8(12)6-5-10-4-2-1-3-7(10)9-6/h1-5,11-12H. The van der Waals surface area contributed by atoms with E-state index in [1.54, 1.807) is 22.9 Å². The number of hydrogen-bond donors (Lipinski definition) is 2. The number of hydrogen-bond acceptors (Lipinski definition) is 3. The molecule has 2 rings (SSSR count). The van der Waals surface area contributed by atoms with Gasteiger partial charge in [-0.3, -0.25) is 0 Å². The zero-order valence-electron chi connectivity index (χ0n) is 6.25. The Bertz CT molecular complexity index is 366. The van der Waals surface area contributed by atoms with E-state index in [0.717, 1.165) is 0 Å². The molecule has 5 heteroatoms. The van der Waals surface area contributed by atoms with Gasteiger partial charge >= 0.3 is 7.12 Å². The normalized spacial score (nSPS) is 10.5. The van der Waals surface area contributed by atoms with E-state index in [0.29, 0.717) is 5.65 Å². The van der Waals surface area contributed by atoms with Gasteiger partial charge in [-0.2, -0.15) is 0 Å². The number of imidazole rings is 1. The molecule has 0 aromatic carbocycles. The van der Waals surface area contributed by atoms with Crippen LogP contribution in [0.15, 0.2) is 30.6 Å². The Morgan fingerprint density at radius 1 is 1.33 bits per heavy atom. The minimum absolute atomic E-state index is 0.265. The van der Waals surface area contributed by atoms with E-state index in [2.05, 4.69) is 4.98 Å². The molecule has 0 saturated carbocycles. The Hall–Kier alpha value is -1.33. The largest absolute Gasteiger partial charge is 0.509 e. The highest BCUT2D eigenvalue weighted by atomic mass is 16.4. The van der Waals surface area contributed by atoms with Crippen LogP contribution in [0.2, 0.25) is 0 Å². The first-order chi connectivity index (χ1) is 5.77. The van der Waals surface area contributed by atoms with Gasteiger partial charge in [0.25, 0.3) is 0 Å². The monoisotopic (exact) mass is 162 g/mol. The third-order valence-corrected chi connectivity index (χ3v) is 1.65. The summed E-state index contributed by atoms with van der Waals surface area (Å²) >= 11 is 0. The van der Waals surface area contributed by atoms with Crippen molar-refractivity contribution in [1.82, 2.24) is 9.38 Å². The quantitative estimate of drug-likeness (QED) is 0.529. The molecule has 0 unspecified atom stereocenters. The van der Waals surface area contributed by atoms with Gasteiger partial charge in [-0.15, -0.1) is 0 Å². The van der Waals surface area contributed by atoms with Crippen LogP contribution < -0.4 is 5.59 Å². The summed E-state index contributed by atoms with van der Waals surface area (Å²) < 4.78 is 1.73. The van der Waals surface area contributed by atoms with Crippen molar-refractivity contribution in [3.05, 3.63) is 30.6 Å². The van der Waals surface area contributed by atoms with Gasteiger partial charge in [-0.05, 0) is 12.1 Å². The summed E-state index contributed by atoms with van der Waals surface area (Å²) in [5, 5.41) is 17.6. The molecule has 0 aliphatic carbocycles. The van der Waals surface area contributed by atoms with E-state index in [9.17, 15) is 0 Å². The minimum Gasteiger partial charge on any atom is -0.422 e. The lowest BCUT2D eigenvalue weighted by Crippen LogP contribution is -2.30. The highest BCUT2D eigenvalue weighted by molar-refractivity contribution is 6.57. The van der Waals surface area contributed by atoms with Crippen molar-refractivity contribution in [1.29, 1.82) is 0 Å². The SMILES string of the molecule is OB(O)c1cn2ccccc2n1. The number of rotatable bonds is 1. The van der Waals surface area contributed by atoms with Gasteiger partial charge in [-0.25, -0.2) is 4.98 Å². The van der Waals surface area contributed by atoms with E-state index < -0.39 is 7.12 Å². The lowest BCUT2D eigenvalue weighted by molar-refractivity contribution is 0.424. The highest BCUT2D eigenvalue weighted by Gasteiger charge is 2.14. The molecule has 0 fully saturated rings. The first kappa shape index (κ1) is 7.33. The van der Waals surface area contributed by atoms with Crippen LogP contribution in [0.4, 0.5) is 0 Å². The van der Waals surface area contributed by atoms with Crippen LogP contribution in [0.25, 0.3) is 5.65 Å². The van der Waals surface area contributed by atoms with Crippen molar-refractivity contribution in [3.63, 3.8) is 0 Å². The molecule has 4 nitrogen and oxygen atoms in total. The van der Waals surface area contributed by atoms with Crippen LogP contribution >= 0.6 is 0 Å². The van der Waals surface area contributed by atoms with Crippen LogP contribution in [-0.4, -0.2) is 26.6 Å². The van der Waals surface area contributed by atoms with Gasteiger partial charge in [0.05, 0.1) is 5.59 Å². The summed E-state index contributed by atoms with van der Waals surface area (Å²) in [4.78, 5) is 3.98. The molecule has 2 aromatic rings. The molecule has 0 amide bonds. The molecule has 0 saturated heterocycles. The molecule has 60 valence electrons. The van der Waals surface area contributed by atoms with Crippen LogP contribution in [0.3, 0.4) is 0 Å². The van der Waals surface area contributed by atoms with Crippen molar-refractivity contribution in [2.24, 2.45) is 0 Å². The molecule has 0 bridgehead atoms. The molecule has 0 spiro atoms. The molecule has 0 aliphatic heterocycles. The second-order valence-corrected chi connectivity index (χ2v) is 2.51. The highest BCUT2D eigenvalue weighted by Crippen LogP contribution is 1.96. The Labute approximate surface area is 69.3 Å². The van der Waals surface area contributed by atoms with Gasteiger partial charge < -0.3 is 14.4 Å². The maximum Gasteiger partial charge on any atom is 0.509 e. The lowest BCUT2D eigenvalue weighted by Gasteiger charge is -1.87. The number of aromatic nitrogens is 2. The Morgan fingerprint density at radius 3 is 2.83 bits per heavy atom. The fraction of sp³-hybridized carbons (Fsp3) is 0. The maximum atomic E-state index is 8.80. The Kier molecular flexibility index (Phi) is 1.60. The topological polar surface area (TPSA) is 57.8 Å². The molecule has 2 N–H and O–H groups in total. The second-order valence-electron chi connectivity index (χ2n) is 2.51. The Morgan fingerprint density at radius 2 is 2.17 bits per heavy atom. The van der Waals surface area contributed by atoms with Crippen LogP contribution in [0, 0.1) is 0 Å². The molecule has 12 heavy (non-hydrogen) atoms. The van der Waals surface area contributed by atoms with Crippen molar-refractivity contribution < 1.29 is 10.0 Å². The van der Waals surface area contributed by atoms with Gasteiger partial charge in [0.2, 0.25) is 0 Å². The number of nitrogens with zero attached hydrogens (tertiary/aromatic N) is 2. The molecular weight excluding hydrogens is 155 g/mol. The number of pyridine rings is 1. The van der Waals surface area contributed by atoms with Crippen LogP contribution in [0.5, 0.6) is 0 Å². The first-order valence-electron chi connectivity index (χ1n) is 3.57. The molecule has 0 atom stereocenters. The van der Waals surface area contributed by atoms with Crippen molar-refractivity contribution >= 4 is 18.4 Å². The van der Waals surface area contributed by atoms with Crippen molar-refractivity contribution in [2.45, 2.75) is 0 Å². The van der Waals surface area contributed by atoms with E-state index >= 15 is 0 Å². The first-order valence-corrected chi connectivity index (χ1v) is 3.57. The third kappa shape index (κ3) is 1.09. The maximum absolute atomic E-state index is 8.80. The van der Waals surface area contributed by atoms with E-state index in [1.165, 1.54) is 0 Å². The predicted octanol–water partition coefficient (Wildman–Crippen LogP) is -0.986. The molecule has 2 aromatic heterocycles. The molecular formula is C7H7BN2O2. The third-order valence-electron chi connectivity index (χ3n) is 1.65. The van der Waals surface area contributed by atoms with Gasteiger partial charge in [0.1, 0.15) is 5.65 Å². The van der Waals surface area contributed by atoms with Gasteiger partial charge in [0.15, 0.2) is 0 Å². The average Bonchev–Trinajstić information content (AvgIpc) is 2.46. The fourth-order valence-electron chi connectivity index (χ4n) is 1.08. The fourth-order valence-corrected chi connectivity index (χ4v) is 1.08. The lowest BCUT2D eigenvalue weighted by atomic mass is 9.87. The summed E-state index contributed by atoms with van der Waals surface area (Å²) in [5.74, 6) is 0. The smallest absolute Gasteiger partial charge is 0.422 e. The van der Waals surface area contributed by atoms with Crippen molar-refractivity contribution in [3.8, 4) is 0 Å². The van der Waals surface area contributed by atoms with Crippen LogP contribution in [-0.2, 0) is 0 Å².